The molecule has 0 aromatic heterocycles. The maximum Gasteiger partial charge on any atom is 0.211 e. The van der Waals surface area contributed by atoms with Crippen molar-refractivity contribution in [2.45, 2.75) is 6.54 Å². The third-order valence-electron chi connectivity index (χ3n) is 3.53. The molecule has 1 aliphatic heterocycles. The first-order valence-corrected chi connectivity index (χ1v) is 8.79. The first kappa shape index (κ1) is 16.3. The lowest BCUT2D eigenvalue weighted by molar-refractivity contribution is 0.180. The normalized spacial score (nSPS) is 17.8. The van der Waals surface area contributed by atoms with E-state index < -0.39 is 10.0 Å². The second-order valence-corrected chi connectivity index (χ2v) is 7.53. The van der Waals surface area contributed by atoms with Crippen LogP contribution in [0.25, 0.3) is 0 Å². The van der Waals surface area contributed by atoms with Crippen molar-refractivity contribution in [3.63, 3.8) is 0 Å². The predicted molar refractivity (Wildman–Crippen MR) is 84.0 cm³/mol. The van der Waals surface area contributed by atoms with Crippen LogP contribution >= 0.6 is 12.2 Å². The summed E-state index contributed by atoms with van der Waals surface area (Å²) < 4.78 is 38.3. The Bertz CT molecular complexity index is 641. The molecule has 0 spiro atoms. The molecule has 0 radical (unpaired) electrons. The van der Waals surface area contributed by atoms with Crippen molar-refractivity contribution in [1.82, 2.24) is 9.21 Å². The number of nitrogens with two attached hydrogens (primary N) is 1. The average molecular weight is 331 g/mol. The topological polar surface area (TPSA) is 66.6 Å². The van der Waals surface area contributed by atoms with E-state index in [1.165, 1.54) is 16.6 Å². The molecule has 5 nitrogen and oxygen atoms in total. The Morgan fingerprint density at radius 2 is 1.95 bits per heavy atom. The molecule has 0 amide bonds. The van der Waals surface area contributed by atoms with E-state index in [0.29, 0.717) is 43.9 Å². The van der Waals surface area contributed by atoms with Crippen molar-refractivity contribution < 1.29 is 12.8 Å². The fraction of sp³-hybridized carbons (Fsp3) is 0.462. The molecule has 0 aliphatic carbocycles. The largest absolute Gasteiger partial charge is 0.389 e. The van der Waals surface area contributed by atoms with Crippen molar-refractivity contribution in [1.29, 1.82) is 0 Å². The Balaban J connectivity index is 1.99. The lowest BCUT2D eigenvalue weighted by Crippen LogP contribution is -2.47. The molecule has 1 aliphatic rings. The van der Waals surface area contributed by atoms with E-state index in [4.69, 9.17) is 18.0 Å². The van der Waals surface area contributed by atoms with Gasteiger partial charge in [0.25, 0.3) is 0 Å². The van der Waals surface area contributed by atoms with Crippen LogP contribution in [0.2, 0.25) is 0 Å². The highest BCUT2D eigenvalue weighted by Crippen LogP contribution is 2.15. The number of thiocarbonyl (C=S) groups is 1. The third kappa shape index (κ3) is 4.19. The van der Waals surface area contributed by atoms with Crippen LogP contribution in [0, 0.1) is 5.82 Å². The second kappa shape index (κ2) is 6.35. The standard InChI is InChI=1S/C13H18FN3O2S2/c1-21(18,19)17-6-4-16(5-7-17)9-11-3-2-10(13(15)20)8-12(11)14/h2-3,8H,4-7,9H2,1H3,(H2,15,20). The summed E-state index contributed by atoms with van der Waals surface area (Å²) >= 11 is 4.81. The van der Waals surface area contributed by atoms with Crippen LogP contribution in [0.1, 0.15) is 11.1 Å². The van der Waals surface area contributed by atoms with Gasteiger partial charge in [-0.3, -0.25) is 4.90 Å². The van der Waals surface area contributed by atoms with Crippen molar-refractivity contribution >= 4 is 27.2 Å². The summed E-state index contributed by atoms with van der Waals surface area (Å²) in [6.45, 7) is 2.49. The summed E-state index contributed by atoms with van der Waals surface area (Å²) in [5.41, 5.74) is 6.53. The van der Waals surface area contributed by atoms with Gasteiger partial charge in [0, 0.05) is 43.9 Å². The first-order valence-electron chi connectivity index (χ1n) is 6.53. The van der Waals surface area contributed by atoms with E-state index >= 15 is 0 Å². The number of nitrogens with zero attached hydrogens (tertiary/aromatic N) is 2. The van der Waals surface area contributed by atoms with Gasteiger partial charge in [-0.1, -0.05) is 24.4 Å². The number of halogens is 1. The Morgan fingerprint density at radius 3 is 2.43 bits per heavy atom. The van der Waals surface area contributed by atoms with Crippen LogP contribution in [0.3, 0.4) is 0 Å². The van der Waals surface area contributed by atoms with Crippen LogP contribution in [-0.4, -0.2) is 55.0 Å². The molecule has 0 atom stereocenters. The first-order chi connectivity index (χ1) is 9.77. The summed E-state index contributed by atoms with van der Waals surface area (Å²) in [5.74, 6) is -0.342. The summed E-state index contributed by atoms with van der Waals surface area (Å²) in [6, 6.07) is 4.71. The van der Waals surface area contributed by atoms with Crippen molar-refractivity contribution in [2.24, 2.45) is 5.73 Å². The highest BCUT2D eigenvalue weighted by atomic mass is 32.2. The molecule has 1 aromatic rings. The van der Waals surface area contributed by atoms with Gasteiger partial charge in [0.1, 0.15) is 10.8 Å². The van der Waals surface area contributed by atoms with E-state index in [1.54, 1.807) is 12.1 Å². The zero-order valence-corrected chi connectivity index (χ0v) is 13.4. The predicted octanol–water partition coefficient (Wildman–Crippen LogP) is 0.537. The number of sulfonamides is 1. The van der Waals surface area contributed by atoms with Crippen LogP contribution in [0.5, 0.6) is 0 Å². The van der Waals surface area contributed by atoms with E-state index in [9.17, 15) is 12.8 Å². The summed E-state index contributed by atoms with van der Waals surface area (Å²) in [4.78, 5) is 2.20. The van der Waals surface area contributed by atoms with E-state index in [0.717, 1.165) is 0 Å². The van der Waals surface area contributed by atoms with Gasteiger partial charge in [-0.05, 0) is 6.07 Å². The minimum Gasteiger partial charge on any atom is -0.389 e. The van der Waals surface area contributed by atoms with Gasteiger partial charge in [0.2, 0.25) is 10.0 Å². The minimum atomic E-state index is -3.14. The molecular formula is C13H18FN3O2S2. The SMILES string of the molecule is CS(=O)(=O)N1CCN(Cc2ccc(C(N)=S)cc2F)CC1. The molecule has 8 heteroatoms. The molecule has 0 bridgehead atoms. The second-order valence-electron chi connectivity index (χ2n) is 5.11. The zero-order chi connectivity index (χ0) is 15.6. The minimum absolute atomic E-state index is 0.169. The number of benzene rings is 1. The molecule has 1 saturated heterocycles. The lowest BCUT2D eigenvalue weighted by atomic mass is 10.1. The number of hydrogen-bond acceptors (Lipinski definition) is 4. The molecule has 21 heavy (non-hydrogen) atoms. The van der Waals surface area contributed by atoms with Crippen LogP contribution in [-0.2, 0) is 16.6 Å². The Labute approximate surface area is 129 Å². The van der Waals surface area contributed by atoms with E-state index in [-0.39, 0.29) is 10.8 Å². The third-order valence-corrected chi connectivity index (χ3v) is 5.07. The molecule has 0 saturated carbocycles. The summed E-state index contributed by atoms with van der Waals surface area (Å²) in [7, 11) is -3.14. The van der Waals surface area contributed by atoms with E-state index in [1.807, 2.05) is 4.90 Å². The molecule has 1 heterocycles. The number of hydrogen-bond donors (Lipinski definition) is 1. The quantitative estimate of drug-likeness (QED) is 0.816. The summed E-state index contributed by atoms with van der Waals surface area (Å²) in [6.07, 6.45) is 1.21. The highest BCUT2D eigenvalue weighted by Gasteiger charge is 2.23. The molecule has 1 aromatic carbocycles. The Kier molecular flexibility index (Phi) is 4.92. The van der Waals surface area contributed by atoms with Gasteiger partial charge in [-0.25, -0.2) is 12.8 Å². The summed E-state index contributed by atoms with van der Waals surface area (Å²) in [5, 5.41) is 0. The molecule has 2 rings (SSSR count). The van der Waals surface area contributed by atoms with Gasteiger partial charge >= 0.3 is 0 Å². The fourth-order valence-corrected chi connectivity index (χ4v) is 3.24. The smallest absolute Gasteiger partial charge is 0.211 e. The van der Waals surface area contributed by atoms with Crippen molar-refractivity contribution in [2.75, 3.05) is 32.4 Å². The van der Waals surface area contributed by atoms with Gasteiger partial charge in [-0.15, -0.1) is 0 Å². The molecular weight excluding hydrogens is 313 g/mol. The van der Waals surface area contributed by atoms with Gasteiger partial charge in [-0.2, -0.15) is 4.31 Å². The van der Waals surface area contributed by atoms with Gasteiger partial charge in [0.05, 0.1) is 6.26 Å². The molecule has 1 fully saturated rings. The zero-order valence-electron chi connectivity index (χ0n) is 11.8. The van der Waals surface area contributed by atoms with Crippen LogP contribution in [0.4, 0.5) is 4.39 Å². The van der Waals surface area contributed by atoms with Gasteiger partial charge < -0.3 is 5.73 Å². The molecule has 116 valence electrons. The van der Waals surface area contributed by atoms with E-state index in [2.05, 4.69) is 0 Å². The maximum absolute atomic E-state index is 14.0. The average Bonchev–Trinajstić information content (AvgIpc) is 2.40. The Morgan fingerprint density at radius 1 is 1.33 bits per heavy atom. The molecule has 0 unspecified atom stereocenters. The van der Waals surface area contributed by atoms with Crippen molar-refractivity contribution in [3.8, 4) is 0 Å². The molecule has 2 N–H and O–H groups in total. The monoisotopic (exact) mass is 331 g/mol. The number of piperazine rings is 1. The Hall–Kier alpha value is -1.09. The fourth-order valence-electron chi connectivity index (χ4n) is 2.29. The van der Waals surface area contributed by atoms with Crippen molar-refractivity contribution in [3.05, 3.63) is 35.1 Å². The van der Waals surface area contributed by atoms with Crippen LogP contribution in [0.15, 0.2) is 18.2 Å². The van der Waals surface area contributed by atoms with Crippen LogP contribution < -0.4 is 5.73 Å². The highest BCUT2D eigenvalue weighted by molar-refractivity contribution is 7.88. The number of rotatable bonds is 4. The maximum atomic E-state index is 14.0. The lowest BCUT2D eigenvalue weighted by Gasteiger charge is -2.33. The van der Waals surface area contributed by atoms with Gasteiger partial charge in [0.15, 0.2) is 0 Å².